The molecule has 0 aliphatic carbocycles. The summed E-state index contributed by atoms with van der Waals surface area (Å²) in [5.74, 6) is 0. The molecule has 1 aromatic heterocycles. The van der Waals surface area contributed by atoms with Gasteiger partial charge in [-0.1, -0.05) is 152 Å². The predicted octanol–water partition coefficient (Wildman–Crippen LogP) is 14.8. The summed E-state index contributed by atoms with van der Waals surface area (Å²) in [6.07, 6.45) is 0. The van der Waals surface area contributed by atoms with Gasteiger partial charge in [0.05, 0.1) is 0 Å². The molecule has 9 aromatic carbocycles. The highest BCUT2D eigenvalue weighted by atomic mass is 32.1. The molecule has 0 bridgehead atoms. The van der Waals surface area contributed by atoms with E-state index in [0.717, 1.165) is 17.1 Å². The molecule has 0 aliphatic rings. The molecule has 0 atom stereocenters. The molecule has 0 saturated carbocycles. The molecule has 52 heavy (non-hydrogen) atoms. The van der Waals surface area contributed by atoms with Gasteiger partial charge in [0.2, 0.25) is 0 Å². The van der Waals surface area contributed by atoms with Gasteiger partial charge in [0.25, 0.3) is 0 Å². The SMILES string of the molecule is c1ccc(-c2cccc(N(c3ccc(-c4ccc5sc6c7ccccc7ccc6c5c4)cc3)c3ccc(-c4cccc5ccccc45)cc3)c2)cc1. The zero-order valence-corrected chi connectivity index (χ0v) is 29.2. The molecular weight excluding hydrogens is 647 g/mol. The number of anilines is 3. The molecule has 0 radical (unpaired) electrons. The number of benzene rings is 9. The number of hydrogen-bond acceptors (Lipinski definition) is 2. The topological polar surface area (TPSA) is 3.24 Å². The van der Waals surface area contributed by atoms with Gasteiger partial charge in [-0.2, -0.15) is 0 Å². The smallest absolute Gasteiger partial charge is 0.0467 e. The van der Waals surface area contributed by atoms with Gasteiger partial charge in [-0.25, -0.2) is 0 Å². The first kappa shape index (κ1) is 30.4. The van der Waals surface area contributed by atoms with Crippen molar-refractivity contribution in [3.05, 3.63) is 200 Å². The van der Waals surface area contributed by atoms with Crippen LogP contribution in [0.3, 0.4) is 0 Å². The van der Waals surface area contributed by atoms with Crippen molar-refractivity contribution in [3.8, 4) is 33.4 Å². The molecule has 2 heteroatoms. The van der Waals surface area contributed by atoms with E-state index in [-0.39, 0.29) is 0 Å². The molecule has 0 spiro atoms. The van der Waals surface area contributed by atoms with E-state index < -0.39 is 0 Å². The number of fused-ring (bicyclic) bond motifs is 6. The second-order valence-corrected chi connectivity index (χ2v) is 14.4. The van der Waals surface area contributed by atoms with E-state index in [4.69, 9.17) is 0 Å². The van der Waals surface area contributed by atoms with Crippen LogP contribution in [0.25, 0.3) is 75.1 Å². The highest BCUT2D eigenvalue weighted by Gasteiger charge is 2.16. The van der Waals surface area contributed by atoms with E-state index in [0.29, 0.717) is 0 Å². The van der Waals surface area contributed by atoms with Crippen molar-refractivity contribution in [2.75, 3.05) is 4.90 Å². The minimum Gasteiger partial charge on any atom is -0.310 e. The van der Waals surface area contributed by atoms with E-state index in [2.05, 4.69) is 205 Å². The van der Waals surface area contributed by atoms with Crippen molar-refractivity contribution >= 4 is 70.1 Å². The molecule has 0 unspecified atom stereocenters. The van der Waals surface area contributed by atoms with Crippen LogP contribution in [0.2, 0.25) is 0 Å². The van der Waals surface area contributed by atoms with Gasteiger partial charge in [-0.15, -0.1) is 11.3 Å². The van der Waals surface area contributed by atoms with Crippen LogP contribution in [0.4, 0.5) is 17.1 Å². The summed E-state index contributed by atoms with van der Waals surface area (Å²) in [6, 6.07) is 72.8. The van der Waals surface area contributed by atoms with Gasteiger partial charge in [0.1, 0.15) is 0 Å². The maximum atomic E-state index is 2.37. The largest absolute Gasteiger partial charge is 0.310 e. The van der Waals surface area contributed by atoms with Gasteiger partial charge in [-0.05, 0) is 103 Å². The van der Waals surface area contributed by atoms with Crippen LogP contribution >= 0.6 is 11.3 Å². The Morgan fingerprint density at radius 3 is 1.67 bits per heavy atom. The Morgan fingerprint density at radius 1 is 0.308 bits per heavy atom. The third kappa shape index (κ3) is 5.33. The minimum absolute atomic E-state index is 1.11. The lowest BCUT2D eigenvalue weighted by Gasteiger charge is -2.26. The maximum Gasteiger partial charge on any atom is 0.0467 e. The second-order valence-electron chi connectivity index (χ2n) is 13.3. The number of nitrogens with zero attached hydrogens (tertiary/aromatic N) is 1. The molecule has 1 heterocycles. The number of rotatable bonds is 6. The molecule has 1 nitrogen and oxygen atoms in total. The molecule has 0 amide bonds. The van der Waals surface area contributed by atoms with E-state index in [1.807, 2.05) is 11.3 Å². The lowest BCUT2D eigenvalue weighted by Crippen LogP contribution is -2.10. The van der Waals surface area contributed by atoms with Crippen molar-refractivity contribution in [1.82, 2.24) is 0 Å². The molecule has 0 saturated heterocycles. The van der Waals surface area contributed by atoms with E-state index in [1.54, 1.807) is 0 Å². The van der Waals surface area contributed by atoms with Crippen LogP contribution < -0.4 is 4.90 Å². The van der Waals surface area contributed by atoms with E-state index in [9.17, 15) is 0 Å². The van der Waals surface area contributed by atoms with Crippen molar-refractivity contribution in [1.29, 1.82) is 0 Å². The van der Waals surface area contributed by atoms with Crippen LogP contribution in [-0.4, -0.2) is 0 Å². The van der Waals surface area contributed by atoms with Gasteiger partial charge >= 0.3 is 0 Å². The third-order valence-electron chi connectivity index (χ3n) is 10.3. The number of thiophene rings is 1. The Bertz CT molecular complexity index is 2880. The standard InChI is InChI=1S/C50H33NS/c1-2-10-34(11-3-1)39-15-8-16-43(32-39)51(42-28-22-38(23-29-42)45-19-9-14-36-12-4-6-17-44(36)45)41-26-20-35(21-27-41)40-25-31-49-48(33-40)47-30-24-37-13-5-7-18-46(37)50(47)52-49/h1-33H. The number of hydrogen-bond donors (Lipinski definition) is 0. The van der Waals surface area contributed by atoms with Crippen molar-refractivity contribution < 1.29 is 0 Å². The van der Waals surface area contributed by atoms with Crippen molar-refractivity contribution in [2.24, 2.45) is 0 Å². The van der Waals surface area contributed by atoms with Gasteiger partial charge in [0, 0.05) is 37.2 Å². The molecule has 10 rings (SSSR count). The van der Waals surface area contributed by atoms with Crippen LogP contribution in [0.15, 0.2) is 200 Å². The fourth-order valence-electron chi connectivity index (χ4n) is 7.66. The normalized spacial score (nSPS) is 11.5. The molecule has 244 valence electrons. The summed E-state index contributed by atoms with van der Waals surface area (Å²) in [7, 11) is 0. The van der Waals surface area contributed by atoms with Crippen LogP contribution in [0.5, 0.6) is 0 Å². The molecule has 0 aliphatic heterocycles. The first-order valence-corrected chi connectivity index (χ1v) is 18.6. The van der Waals surface area contributed by atoms with Crippen LogP contribution in [-0.2, 0) is 0 Å². The lowest BCUT2D eigenvalue weighted by molar-refractivity contribution is 1.28. The van der Waals surface area contributed by atoms with Crippen molar-refractivity contribution in [3.63, 3.8) is 0 Å². The summed E-state index contributed by atoms with van der Waals surface area (Å²) in [5.41, 5.74) is 10.6. The van der Waals surface area contributed by atoms with Gasteiger partial charge in [-0.3, -0.25) is 0 Å². The molecule has 0 N–H and O–H groups in total. The summed E-state index contributed by atoms with van der Waals surface area (Å²) in [4.78, 5) is 2.36. The zero-order chi connectivity index (χ0) is 34.4. The van der Waals surface area contributed by atoms with E-state index >= 15 is 0 Å². The monoisotopic (exact) mass is 679 g/mol. The summed E-state index contributed by atoms with van der Waals surface area (Å²) in [6.45, 7) is 0. The second kappa shape index (κ2) is 12.7. The summed E-state index contributed by atoms with van der Waals surface area (Å²) < 4.78 is 2.68. The summed E-state index contributed by atoms with van der Waals surface area (Å²) in [5, 5.41) is 7.78. The van der Waals surface area contributed by atoms with Crippen molar-refractivity contribution in [2.45, 2.75) is 0 Å². The average Bonchev–Trinajstić information content (AvgIpc) is 3.60. The quantitative estimate of drug-likeness (QED) is 0.169. The third-order valence-corrected chi connectivity index (χ3v) is 11.5. The minimum atomic E-state index is 1.11. The molecule has 10 aromatic rings. The van der Waals surface area contributed by atoms with Crippen LogP contribution in [0.1, 0.15) is 0 Å². The first-order chi connectivity index (χ1) is 25.8. The Labute approximate surface area is 307 Å². The van der Waals surface area contributed by atoms with E-state index in [1.165, 1.54) is 75.1 Å². The Morgan fingerprint density at radius 2 is 0.885 bits per heavy atom. The Hall–Kier alpha value is -6.48. The first-order valence-electron chi connectivity index (χ1n) is 17.8. The fraction of sp³-hybridized carbons (Fsp3) is 0. The molecule has 0 fully saturated rings. The van der Waals surface area contributed by atoms with Gasteiger partial charge in [0.15, 0.2) is 0 Å². The lowest BCUT2D eigenvalue weighted by atomic mass is 9.98. The highest BCUT2D eigenvalue weighted by molar-refractivity contribution is 7.26. The Kier molecular flexibility index (Phi) is 7.41. The van der Waals surface area contributed by atoms with Crippen LogP contribution in [0, 0.1) is 0 Å². The fourth-order valence-corrected chi connectivity index (χ4v) is 8.88. The Balaban J connectivity index is 1.05. The van der Waals surface area contributed by atoms with Gasteiger partial charge < -0.3 is 4.90 Å². The maximum absolute atomic E-state index is 2.37. The zero-order valence-electron chi connectivity index (χ0n) is 28.4. The predicted molar refractivity (Wildman–Crippen MR) is 225 cm³/mol. The summed E-state index contributed by atoms with van der Waals surface area (Å²) >= 11 is 1.89. The highest BCUT2D eigenvalue weighted by Crippen LogP contribution is 2.42. The average molecular weight is 680 g/mol. The molecular formula is C50H33NS.